The number of nitrogens with two attached hydrogens (primary N) is 1. The molecule has 0 saturated carbocycles. The first-order chi connectivity index (χ1) is 20.9. The molecule has 13 heteroatoms. The van der Waals surface area contributed by atoms with Crippen LogP contribution in [0.25, 0.3) is 11.1 Å². The van der Waals surface area contributed by atoms with E-state index in [2.05, 4.69) is 10.6 Å². The standard InChI is InChI=1S/C31H31F2N5O5S/c1-16-4-3-5-20-21-10-18(6-7-22(21)31(32,33)26(16)20)28(40)36-13-25(39)38-15-30(42-8-9-43-30)12-23(38)29(41)37-17(2)24-11-19(14-44-24)27(34)35/h3-7,10-11,14,17,23H,8-9,12-13,15H2,1-2H3,(H3,34,35)(H,36,40)(H,37,41)/t17-,23?/m1/s1. The van der Waals surface area contributed by atoms with Crippen LogP contribution < -0.4 is 16.4 Å². The van der Waals surface area contributed by atoms with E-state index in [-0.39, 0.29) is 41.1 Å². The quantitative estimate of drug-likeness (QED) is 0.234. The molecule has 3 aliphatic rings. The van der Waals surface area contributed by atoms with Crippen molar-refractivity contribution in [2.75, 3.05) is 26.3 Å². The Kier molecular flexibility index (Phi) is 7.50. The van der Waals surface area contributed by atoms with Crippen LogP contribution in [0.2, 0.25) is 0 Å². The van der Waals surface area contributed by atoms with Gasteiger partial charge >= 0.3 is 0 Å². The van der Waals surface area contributed by atoms with Gasteiger partial charge in [-0.2, -0.15) is 8.78 Å². The Morgan fingerprint density at radius 1 is 1.14 bits per heavy atom. The molecule has 44 heavy (non-hydrogen) atoms. The highest BCUT2D eigenvalue weighted by molar-refractivity contribution is 7.10. The molecule has 230 valence electrons. The van der Waals surface area contributed by atoms with Gasteiger partial charge < -0.3 is 30.7 Å². The van der Waals surface area contributed by atoms with Crippen molar-refractivity contribution >= 4 is 34.9 Å². The van der Waals surface area contributed by atoms with Gasteiger partial charge in [-0.05, 0) is 48.7 Å². The number of rotatable bonds is 7. The molecule has 1 spiro atoms. The fourth-order valence-electron chi connectivity index (χ4n) is 6.13. The van der Waals surface area contributed by atoms with Crippen LogP contribution in [-0.4, -0.2) is 66.6 Å². The van der Waals surface area contributed by atoms with E-state index in [4.69, 9.17) is 20.6 Å². The number of fused-ring (bicyclic) bond motifs is 3. The monoisotopic (exact) mass is 623 g/mol. The van der Waals surface area contributed by atoms with Gasteiger partial charge in [0.25, 0.3) is 11.8 Å². The molecule has 2 saturated heterocycles. The van der Waals surface area contributed by atoms with Gasteiger partial charge in [0.15, 0.2) is 5.79 Å². The van der Waals surface area contributed by atoms with Gasteiger partial charge in [-0.1, -0.05) is 24.3 Å². The number of carbonyl (C=O) groups excluding carboxylic acids is 3. The third-order valence-electron chi connectivity index (χ3n) is 8.34. The maximum atomic E-state index is 15.2. The van der Waals surface area contributed by atoms with Gasteiger partial charge in [0.1, 0.15) is 11.9 Å². The number of halogens is 2. The Balaban J connectivity index is 1.15. The van der Waals surface area contributed by atoms with Crippen molar-refractivity contribution in [3.05, 3.63) is 80.5 Å². The summed E-state index contributed by atoms with van der Waals surface area (Å²) in [5, 5.41) is 14.8. The number of nitrogens with one attached hydrogen (secondary N) is 3. The highest BCUT2D eigenvalue weighted by Crippen LogP contribution is 2.52. The number of nitrogen functional groups attached to an aromatic ring is 1. The van der Waals surface area contributed by atoms with Crippen molar-refractivity contribution in [1.82, 2.24) is 15.5 Å². The minimum absolute atomic E-state index is 0.00568. The van der Waals surface area contributed by atoms with E-state index < -0.39 is 48.1 Å². The van der Waals surface area contributed by atoms with Crippen molar-refractivity contribution in [3.63, 3.8) is 0 Å². The molecule has 3 heterocycles. The molecule has 1 aliphatic carbocycles. The Morgan fingerprint density at radius 2 is 1.89 bits per heavy atom. The summed E-state index contributed by atoms with van der Waals surface area (Å²) in [6.45, 7) is 3.65. The van der Waals surface area contributed by atoms with E-state index in [1.165, 1.54) is 34.4 Å². The van der Waals surface area contributed by atoms with Crippen molar-refractivity contribution in [2.45, 2.75) is 44.1 Å². The first-order valence-corrected chi connectivity index (χ1v) is 15.0. The number of amidine groups is 1. The summed E-state index contributed by atoms with van der Waals surface area (Å²) >= 11 is 1.36. The molecule has 3 amide bonds. The predicted octanol–water partition coefficient (Wildman–Crippen LogP) is 3.41. The second-order valence-corrected chi connectivity index (χ2v) is 12.2. The molecule has 6 rings (SSSR count). The zero-order valence-electron chi connectivity index (χ0n) is 24.0. The fraction of sp³-hybridized carbons (Fsp3) is 0.355. The topological polar surface area (TPSA) is 147 Å². The van der Waals surface area contributed by atoms with Crippen LogP contribution in [-0.2, 0) is 25.0 Å². The van der Waals surface area contributed by atoms with E-state index >= 15 is 8.78 Å². The number of likely N-dealkylation sites (tertiary alicyclic amines) is 1. The van der Waals surface area contributed by atoms with Crippen molar-refractivity contribution in [3.8, 4) is 11.1 Å². The Bertz CT molecular complexity index is 1690. The van der Waals surface area contributed by atoms with Crippen molar-refractivity contribution in [2.24, 2.45) is 5.73 Å². The minimum Gasteiger partial charge on any atom is -0.384 e. The molecule has 0 radical (unpaired) electrons. The molecule has 2 fully saturated rings. The zero-order valence-corrected chi connectivity index (χ0v) is 24.9. The number of alkyl halides is 2. The lowest BCUT2D eigenvalue weighted by Crippen LogP contribution is -2.49. The number of nitrogens with zero attached hydrogens (tertiary/aromatic N) is 1. The summed E-state index contributed by atoms with van der Waals surface area (Å²) < 4.78 is 41.9. The SMILES string of the molecule is Cc1cccc2c1C(F)(F)c1ccc(C(=O)NCC(=O)N3CC4(CC3C(=O)N[C@H](C)c3cc(C(=N)N)cs3)OCCO4)cc1-2. The van der Waals surface area contributed by atoms with Gasteiger partial charge in [-0.15, -0.1) is 11.3 Å². The molecular weight excluding hydrogens is 592 g/mol. The smallest absolute Gasteiger partial charge is 0.299 e. The lowest BCUT2D eigenvalue weighted by Gasteiger charge is -2.25. The molecular formula is C31H31F2N5O5S. The van der Waals surface area contributed by atoms with Gasteiger partial charge in [0.05, 0.1) is 32.3 Å². The average molecular weight is 624 g/mol. The highest BCUT2D eigenvalue weighted by atomic mass is 32.1. The average Bonchev–Trinajstić information content (AvgIpc) is 3.78. The second kappa shape index (κ2) is 11.1. The third kappa shape index (κ3) is 5.14. The molecule has 10 nitrogen and oxygen atoms in total. The predicted molar refractivity (Wildman–Crippen MR) is 159 cm³/mol. The Morgan fingerprint density at radius 3 is 2.59 bits per heavy atom. The van der Waals surface area contributed by atoms with Crippen LogP contribution in [0, 0.1) is 12.3 Å². The molecule has 5 N–H and O–H groups in total. The fourth-order valence-corrected chi connectivity index (χ4v) is 7.04. The number of carbonyl (C=O) groups is 3. The lowest BCUT2D eigenvalue weighted by atomic mass is 10.0. The molecule has 2 aromatic carbocycles. The van der Waals surface area contributed by atoms with Crippen LogP contribution in [0.5, 0.6) is 0 Å². The molecule has 1 aromatic heterocycles. The Labute approximate surface area is 256 Å². The van der Waals surface area contributed by atoms with E-state index in [9.17, 15) is 14.4 Å². The summed E-state index contributed by atoms with van der Waals surface area (Å²) in [5.41, 5.74) is 7.12. The summed E-state index contributed by atoms with van der Waals surface area (Å²) in [6, 6.07) is 9.31. The van der Waals surface area contributed by atoms with E-state index in [0.717, 1.165) is 4.88 Å². The summed E-state index contributed by atoms with van der Waals surface area (Å²) in [4.78, 5) is 42.1. The van der Waals surface area contributed by atoms with E-state index in [1.54, 1.807) is 43.5 Å². The number of amides is 3. The van der Waals surface area contributed by atoms with Gasteiger partial charge in [0, 0.05) is 38.9 Å². The van der Waals surface area contributed by atoms with Gasteiger partial charge in [-0.25, -0.2) is 0 Å². The highest BCUT2D eigenvalue weighted by Gasteiger charge is 2.52. The summed E-state index contributed by atoms with van der Waals surface area (Å²) in [6.07, 6.45) is 0.117. The number of aryl methyl sites for hydroxylation is 1. The number of hydrogen-bond acceptors (Lipinski definition) is 7. The van der Waals surface area contributed by atoms with E-state index in [0.29, 0.717) is 29.9 Å². The molecule has 3 aromatic rings. The van der Waals surface area contributed by atoms with Crippen LogP contribution >= 0.6 is 11.3 Å². The van der Waals surface area contributed by atoms with Crippen molar-refractivity contribution < 1.29 is 32.6 Å². The number of benzene rings is 2. The first-order valence-electron chi connectivity index (χ1n) is 14.1. The van der Waals surface area contributed by atoms with Gasteiger partial charge in [0.2, 0.25) is 11.8 Å². The van der Waals surface area contributed by atoms with Crippen LogP contribution in [0.15, 0.2) is 47.8 Å². The maximum absolute atomic E-state index is 15.2. The zero-order chi connectivity index (χ0) is 31.4. The second-order valence-electron chi connectivity index (χ2n) is 11.2. The lowest BCUT2D eigenvalue weighted by molar-refractivity contribution is -0.152. The number of ether oxygens (including phenoxy) is 2. The van der Waals surface area contributed by atoms with E-state index in [1.807, 2.05) is 0 Å². The molecule has 1 unspecified atom stereocenters. The Hall–Kier alpha value is -4.20. The van der Waals surface area contributed by atoms with Gasteiger partial charge in [-0.3, -0.25) is 19.8 Å². The van der Waals surface area contributed by atoms with Crippen LogP contribution in [0.1, 0.15) is 56.9 Å². The number of thiophene rings is 1. The normalized spacial score (nSPS) is 19.8. The molecule has 0 bridgehead atoms. The minimum atomic E-state index is -3.18. The molecule has 2 atom stereocenters. The summed E-state index contributed by atoms with van der Waals surface area (Å²) in [7, 11) is 0. The molecule has 2 aliphatic heterocycles. The van der Waals surface area contributed by atoms with Crippen LogP contribution in [0.4, 0.5) is 8.78 Å². The maximum Gasteiger partial charge on any atom is 0.299 e. The third-order valence-corrected chi connectivity index (χ3v) is 9.46. The van der Waals surface area contributed by atoms with Crippen LogP contribution in [0.3, 0.4) is 0 Å². The number of hydrogen-bond donors (Lipinski definition) is 4. The first kappa shape index (κ1) is 29.9. The largest absolute Gasteiger partial charge is 0.384 e. The van der Waals surface area contributed by atoms with Crippen molar-refractivity contribution in [1.29, 1.82) is 5.41 Å². The summed E-state index contributed by atoms with van der Waals surface area (Å²) in [5.74, 6) is -5.92.